The Labute approximate surface area is 119 Å². The number of methoxy groups -OCH3 is 1. The molecule has 0 fully saturated rings. The van der Waals surface area contributed by atoms with E-state index in [1.165, 1.54) is 0 Å². The summed E-state index contributed by atoms with van der Waals surface area (Å²) in [7, 11) is 1.55. The summed E-state index contributed by atoms with van der Waals surface area (Å²) in [6, 6.07) is 8.71. The fourth-order valence-electron chi connectivity index (χ4n) is 1.67. The molecule has 1 aromatic heterocycles. The molecule has 5 heteroatoms. The molecular weight excluding hydrogens is 318 g/mol. The number of benzene rings is 1. The molecule has 2 aromatic rings. The number of ether oxygens (including phenoxy) is 1. The molecule has 1 atom stereocenters. The lowest BCUT2D eigenvalue weighted by molar-refractivity contribution is 0.209. The van der Waals surface area contributed by atoms with Crippen LogP contribution in [0.4, 0.5) is 0 Å². The lowest BCUT2D eigenvalue weighted by Crippen LogP contribution is -2.05. The third-order valence-corrected chi connectivity index (χ3v) is 3.44. The van der Waals surface area contributed by atoms with Crippen LogP contribution in [-0.4, -0.2) is 17.2 Å². The number of rotatable bonds is 3. The molecule has 94 valence electrons. The molecule has 0 aliphatic heterocycles. The molecular formula is C13H11BrClNO2. The van der Waals surface area contributed by atoms with Gasteiger partial charge in [0.25, 0.3) is 0 Å². The van der Waals surface area contributed by atoms with Crippen molar-refractivity contribution in [3.05, 3.63) is 57.3 Å². The molecule has 0 radical (unpaired) electrons. The van der Waals surface area contributed by atoms with E-state index in [0.29, 0.717) is 22.0 Å². The van der Waals surface area contributed by atoms with Gasteiger partial charge in [0.1, 0.15) is 11.9 Å². The van der Waals surface area contributed by atoms with Crippen molar-refractivity contribution in [2.24, 2.45) is 0 Å². The predicted molar refractivity (Wildman–Crippen MR) is 74.0 cm³/mol. The highest BCUT2D eigenvalue weighted by Gasteiger charge is 2.19. The van der Waals surface area contributed by atoms with Gasteiger partial charge < -0.3 is 9.84 Å². The van der Waals surface area contributed by atoms with Crippen molar-refractivity contribution in [3.63, 3.8) is 0 Å². The van der Waals surface area contributed by atoms with Crippen LogP contribution in [0.3, 0.4) is 0 Å². The summed E-state index contributed by atoms with van der Waals surface area (Å²) in [5.74, 6) is 0.574. The molecule has 0 saturated carbocycles. The molecule has 0 aliphatic carbocycles. The van der Waals surface area contributed by atoms with Crippen LogP contribution in [-0.2, 0) is 0 Å². The van der Waals surface area contributed by atoms with Crippen molar-refractivity contribution in [2.45, 2.75) is 6.10 Å². The lowest BCUT2D eigenvalue weighted by atomic mass is 10.0. The topological polar surface area (TPSA) is 42.4 Å². The molecule has 0 spiro atoms. The van der Waals surface area contributed by atoms with Crippen LogP contribution in [0.5, 0.6) is 5.75 Å². The molecule has 0 amide bonds. The van der Waals surface area contributed by atoms with Gasteiger partial charge in [0.05, 0.1) is 12.8 Å². The number of aliphatic hydroxyl groups excluding tert-OH is 1. The monoisotopic (exact) mass is 327 g/mol. The van der Waals surface area contributed by atoms with Gasteiger partial charge >= 0.3 is 0 Å². The van der Waals surface area contributed by atoms with Crippen LogP contribution < -0.4 is 4.74 Å². The third kappa shape index (κ3) is 2.66. The van der Waals surface area contributed by atoms with Crippen molar-refractivity contribution >= 4 is 27.5 Å². The zero-order chi connectivity index (χ0) is 13.1. The molecule has 1 N–H and O–H groups in total. The Hall–Kier alpha value is -1.10. The van der Waals surface area contributed by atoms with Crippen LogP contribution in [0, 0.1) is 0 Å². The first-order valence-corrected chi connectivity index (χ1v) is 6.42. The molecule has 0 saturated heterocycles. The van der Waals surface area contributed by atoms with Crippen molar-refractivity contribution in [1.82, 2.24) is 4.98 Å². The number of hydrogen-bond acceptors (Lipinski definition) is 3. The molecule has 0 aliphatic rings. The minimum absolute atomic E-state index is 0.526. The molecule has 2 rings (SSSR count). The average Bonchev–Trinajstić information content (AvgIpc) is 2.38. The first-order chi connectivity index (χ1) is 8.63. The van der Waals surface area contributed by atoms with Gasteiger partial charge in [-0.1, -0.05) is 11.6 Å². The zero-order valence-corrected chi connectivity index (χ0v) is 11.9. The number of aromatic nitrogens is 1. The summed E-state index contributed by atoms with van der Waals surface area (Å²) in [5, 5.41) is 10.9. The molecule has 1 heterocycles. The minimum atomic E-state index is -0.894. The van der Waals surface area contributed by atoms with Crippen LogP contribution >= 0.6 is 27.5 Å². The van der Waals surface area contributed by atoms with E-state index in [9.17, 15) is 5.11 Å². The van der Waals surface area contributed by atoms with E-state index >= 15 is 0 Å². The SMILES string of the molecule is COc1ccc(Cl)cc1C(O)c1ncccc1Br. The maximum Gasteiger partial charge on any atom is 0.126 e. The number of pyridine rings is 1. The van der Waals surface area contributed by atoms with Gasteiger partial charge in [0.2, 0.25) is 0 Å². The second-order valence-electron chi connectivity index (χ2n) is 3.66. The normalized spacial score (nSPS) is 12.2. The Balaban J connectivity index is 2.48. The molecule has 3 nitrogen and oxygen atoms in total. The van der Waals surface area contributed by atoms with E-state index in [4.69, 9.17) is 16.3 Å². The number of nitrogens with zero attached hydrogens (tertiary/aromatic N) is 1. The van der Waals surface area contributed by atoms with Crippen LogP contribution in [0.25, 0.3) is 0 Å². The van der Waals surface area contributed by atoms with Gasteiger partial charge in [-0.25, -0.2) is 0 Å². The molecule has 18 heavy (non-hydrogen) atoms. The van der Waals surface area contributed by atoms with E-state index in [1.807, 2.05) is 6.07 Å². The third-order valence-electron chi connectivity index (χ3n) is 2.53. The number of aliphatic hydroxyl groups is 1. The Morgan fingerprint density at radius 1 is 1.39 bits per heavy atom. The first-order valence-electron chi connectivity index (χ1n) is 5.25. The van der Waals surface area contributed by atoms with Gasteiger partial charge in [0, 0.05) is 21.3 Å². The Kier molecular flexibility index (Phi) is 4.22. The van der Waals surface area contributed by atoms with Crippen LogP contribution in [0.1, 0.15) is 17.4 Å². The Bertz CT molecular complexity index is 562. The quantitative estimate of drug-likeness (QED) is 0.936. The van der Waals surface area contributed by atoms with Crippen molar-refractivity contribution in [2.75, 3.05) is 7.11 Å². The maximum absolute atomic E-state index is 10.4. The summed E-state index contributed by atoms with van der Waals surface area (Å²) < 4.78 is 5.96. The molecule has 1 unspecified atom stereocenters. The fraction of sp³-hybridized carbons (Fsp3) is 0.154. The van der Waals surface area contributed by atoms with Gasteiger partial charge in [-0.2, -0.15) is 0 Å². The Morgan fingerprint density at radius 3 is 2.83 bits per heavy atom. The van der Waals surface area contributed by atoms with Gasteiger partial charge in [-0.3, -0.25) is 4.98 Å². The van der Waals surface area contributed by atoms with Crippen molar-refractivity contribution < 1.29 is 9.84 Å². The summed E-state index contributed by atoms with van der Waals surface area (Å²) >= 11 is 9.31. The van der Waals surface area contributed by atoms with Gasteiger partial charge in [0.15, 0.2) is 0 Å². The first kappa shape index (κ1) is 13.3. The second-order valence-corrected chi connectivity index (χ2v) is 4.95. The summed E-state index contributed by atoms with van der Waals surface area (Å²) in [4.78, 5) is 4.16. The van der Waals surface area contributed by atoms with Gasteiger partial charge in [-0.15, -0.1) is 0 Å². The van der Waals surface area contributed by atoms with E-state index < -0.39 is 6.10 Å². The summed E-state index contributed by atoms with van der Waals surface area (Å²) in [5.41, 5.74) is 1.11. The largest absolute Gasteiger partial charge is 0.496 e. The molecule has 1 aromatic carbocycles. The van der Waals surface area contributed by atoms with E-state index in [2.05, 4.69) is 20.9 Å². The zero-order valence-electron chi connectivity index (χ0n) is 9.60. The van der Waals surface area contributed by atoms with Crippen LogP contribution in [0.15, 0.2) is 41.0 Å². The average molecular weight is 329 g/mol. The standard InChI is InChI=1S/C13H11BrClNO2/c1-18-11-5-4-8(15)7-9(11)13(17)12-10(14)3-2-6-16-12/h2-7,13,17H,1H3. The highest BCUT2D eigenvalue weighted by atomic mass is 79.9. The van der Waals surface area contributed by atoms with E-state index in [1.54, 1.807) is 37.6 Å². The van der Waals surface area contributed by atoms with E-state index in [-0.39, 0.29) is 0 Å². The van der Waals surface area contributed by atoms with Crippen molar-refractivity contribution in [3.8, 4) is 5.75 Å². The summed E-state index contributed by atoms with van der Waals surface area (Å²) in [6.07, 6.45) is 0.731. The highest BCUT2D eigenvalue weighted by molar-refractivity contribution is 9.10. The van der Waals surface area contributed by atoms with Crippen LogP contribution in [0.2, 0.25) is 5.02 Å². The predicted octanol–water partition coefficient (Wildman–Crippen LogP) is 3.59. The highest BCUT2D eigenvalue weighted by Crippen LogP contribution is 2.33. The second kappa shape index (κ2) is 5.69. The number of halogens is 2. The van der Waals surface area contributed by atoms with E-state index in [0.717, 1.165) is 4.47 Å². The number of hydrogen-bond donors (Lipinski definition) is 1. The lowest BCUT2D eigenvalue weighted by Gasteiger charge is -2.15. The summed E-state index contributed by atoms with van der Waals surface area (Å²) in [6.45, 7) is 0. The Morgan fingerprint density at radius 2 is 2.17 bits per heavy atom. The molecule has 0 bridgehead atoms. The fourth-order valence-corrected chi connectivity index (χ4v) is 2.32. The minimum Gasteiger partial charge on any atom is -0.496 e. The van der Waals surface area contributed by atoms with Gasteiger partial charge in [-0.05, 0) is 46.3 Å². The maximum atomic E-state index is 10.4. The smallest absolute Gasteiger partial charge is 0.126 e. The van der Waals surface area contributed by atoms with Crippen molar-refractivity contribution in [1.29, 1.82) is 0 Å².